The molecular weight excluding hydrogens is 348 g/mol. The van der Waals surface area contributed by atoms with Crippen LogP contribution in [0.4, 0.5) is 0 Å². The van der Waals surface area contributed by atoms with Gasteiger partial charge >= 0.3 is 0 Å². The van der Waals surface area contributed by atoms with E-state index in [9.17, 15) is 17.8 Å². The van der Waals surface area contributed by atoms with Crippen molar-refractivity contribution in [3.05, 3.63) is 30.3 Å². The highest BCUT2D eigenvalue weighted by Gasteiger charge is 2.15. The molecule has 0 heterocycles. The number of carbonyl (C=O) groups is 1. The molecule has 0 fully saturated rings. The van der Waals surface area contributed by atoms with E-state index in [4.69, 9.17) is 9.99 Å². The molecule has 0 aliphatic rings. The molecule has 0 aliphatic heterocycles. The summed E-state index contributed by atoms with van der Waals surface area (Å²) in [7, 11) is -4.45. The highest BCUT2D eigenvalue weighted by molar-refractivity contribution is 7.94. The highest BCUT2D eigenvalue weighted by atomic mass is 32.2. The Morgan fingerprint density at radius 1 is 1.26 bits per heavy atom. The number of ketones is 1. The fraction of sp³-hybridized carbons (Fsp3) is 0.154. The van der Waals surface area contributed by atoms with Gasteiger partial charge in [-0.05, 0) is 36.6 Å². The lowest BCUT2D eigenvalue weighted by molar-refractivity contribution is -0.432. The zero-order valence-corrected chi connectivity index (χ0v) is 13.4. The van der Waals surface area contributed by atoms with Crippen LogP contribution in [0.3, 0.4) is 0 Å². The third-order valence-corrected chi connectivity index (χ3v) is 4.16. The minimum atomic E-state index is -4.45. The number of ether oxygens (including phenoxy) is 1. The lowest BCUT2D eigenvalue weighted by Crippen LogP contribution is -2.08. The quantitative estimate of drug-likeness (QED) is 0.332. The highest BCUT2D eigenvalue weighted by Crippen LogP contribution is 2.33. The zero-order valence-electron chi connectivity index (χ0n) is 11.8. The van der Waals surface area contributed by atoms with Crippen LogP contribution in [0.25, 0.3) is 10.8 Å². The number of hydrogen-bond donors (Lipinski definition) is 2. The summed E-state index contributed by atoms with van der Waals surface area (Å²) in [5.74, 6) is -0.0997. The van der Waals surface area contributed by atoms with Gasteiger partial charge in [0.15, 0.2) is 5.78 Å². The summed E-state index contributed by atoms with van der Waals surface area (Å²) in [4.78, 5) is 11.2. The van der Waals surface area contributed by atoms with Crippen LogP contribution >= 0.6 is 12.0 Å². The van der Waals surface area contributed by atoms with Crippen LogP contribution in [0.5, 0.6) is 5.75 Å². The van der Waals surface area contributed by atoms with Crippen LogP contribution in [0, 0.1) is 0 Å². The molecule has 0 aromatic heterocycles. The fourth-order valence-electron chi connectivity index (χ4n) is 1.84. The Hall–Kier alpha value is -1.69. The van der Waals surface area contributed by atoms with Gasteiger partial charge in [0.2, 0.25) is 0 Å². The molecule has 0 atom stereocenters. The minimum Gasteiger partial charge on any atom is -0.485 e. The van der Waals surface area contributed by atoms with Gasteiger partial charge < -0.3 is 4.74 Å². The first-order chi connectivity index (χ1) is 10.8. The Morgan fingerprint density at radius 2 is 2.00 bits per heavy atom. The molecule has 124 valence electrons. The van der Waals surface area contributed by atoms with Gasteiger partial charge in [-0.25, -0.2) is 5.26 Å². The van der Waals surface area contributed by atoms with Crippen molar-refractivity contribution in [1.82, 2.24) is 0 Å². The van der Waals surface area contributed by atoms with Gasteiger partial charge in [0, 0.05) is 16.3 Å². The molecule has 2 N–H and O–H groups in total. The van der Waals surface area contributed by atoms with E-state index in [1.807, 2.05) is 0 Å². The zero-order chi connectivity index (χ0) is 17.0. The van der Waals surface area contributed by atoms with Crippen LogP contribution in [-0.2, 0) is 24.3 Å². The molecule has 0 aliphatic carbocycles. The first-order valence-electron chi connectivity index (χ1n) is 6.13. The maximum absolute atomic E-state index is 11.4. The molecule has 0 saturated carbocycles. The standard InChI is InChI=1S/C13H12O8S2/c1-8(14)7-19-13-6-11(23(16,17)18)5-9-4-10(22-21-20-15)2-3-12(9)13/h2-6,15H,7H2,1H3,(H,16,17,18). The maximum Gasteiger partial charge on any atom is 0.294 e. The van der Waals surface area contributed by atoms with Crippen LogP contribution in [0.15, 0.2) is 40.1 Å². The minimum absolute atomic E-state index is 0.140. The summed E-state index contributed by atoms with van der Waals surface area (Å²) in [5.41, 5.74) is 0. The van der Waals surface area contributed by atoms with E-state index in [0.717, 1.165) is 6.07 Å². The number of carbonyl (C=O) groups excluding carboxylic acids is 1. The molecule has 23 heavy (non-hydrogen) atoms. The fourth-order valence-corrected chi connectivity index (χ4v) is 2.78. The van der Waals surface area contributed by atoms with Crippen molar-refractivity contribution in [1.29, 1.82) is 0 Å². The van der Waals surface area contributed by atoms with Gasteiger partial charge in [-0.1, -0.05) is 5.04 Å². The Balaban J connectivity index is 2.55. The number of Topliss-reactive ketones (excluding diaryl/α,β-unsaturated/α-hetero) is 1. The molecule has 2 aromatic rings. The summed E-state index contributed by atoms with van der Waals surface area (Å²) in [6, 6.07) is 7.14. The predicted molar refractivity (Wildman–Crippen MR) is 80.6 cm³/mol. The number of benzene rings is 2. The number of fused-ring (bicyclic) bond motifs is 1. The lowest BCUT2D eigenvalue weighted by atomic mass is 10.1. The lowest BCUT2D eigenvalue weighted by Gasteiger charge is -2.11. The van der Waals surface area contributed by atoms with Crippen molar-refractivity contribution in [3.63, 3.8) is 0 Å². The van der Waals surface area contributed by atoms with E-state index in [2.05, 4.69) is 9.37 Å². The van der Waals surface area contributed by atoms with E-state index in [1.54, 1.807) is 12.1 Å². The van der Waals surface area contributed by atoms with Crippen LogP contribution in [-0.4, -0.2) is 30.6 Å². The van der Waals surface area contributed by atoms with Crippen molar-refractivity contribution < 1.29 is 37.1 Å². The second-order valence-corrected chi connectivity index (χ2v) is 6.69. The molecule has 0 amide bonds. The summed E-state index contributed by atoms with van der Waals surface area (Å²) >= 11 is 0.694. The van der Waals surface area contributed by atoms with Gasteiger partial charge in [0.05, 0.1) is 16.9 Å². The largest absolute Gasteiger partial charge is 0.485 e. The molecular formula is C13H12O8S2. The van der Waals surface area contributed by atoms with Crippen LogP contribution in [0.1, 0.15) is 6.92 Å². The van der Waals surface area contributed by atoms with Gasteiger partial charge in [0.1, 0.15) is 12.4 Å². The molecule has 0 spiro atoms. The van der Waals surface area contributed by atoms with E-state index in [1.165, 1.54) is 19.1 Å². The van der Waals surface area contributed by atoms with Crippen molar-refractivity contribution in [2.24, 2.45) is 0 Å². The third-order valence-electron chi connectivity index (χ3n) is 2.75. The smallest absolute Gasteiger partial charge is 0.294 e. The van der Waals surface area contributed by atoms with E-state index < -0.39 is 10.1 Å². The Bertz CT molecular complexity index is 831. The Labute approximate surface area is 135 Å². The molecule has 8 nitrogen and oxygen atoms in total. The molecule has 2 rings (SSSR count). The SMILES string of the molecule is CC(=O)COc1cc(S(=O)(=O)O)cc2cc(SOOO)ccc12. The molecule has 0 unspecified atom stereocenters. The number of rotatable bonds is 7. The van der Waals surface area contributed by atoms with Gasteiger partial charge in [0.25, 0.3) is 10.1 Å². The average molecular weight is 360 g/mol. The molecule has 0 saturated heterocycles. The number of hydrogen-bond acceptors (Lipinski definition) is 8. The summed E-state index contributed by atoms with van der Waals surface area (Å²) in [6.07, 6.45) is 0. The maximum atomic E-state index is 11.4. The first-order valence-corrected chi connectivity index (χ1v) is 8.31. The summed E-state index contributed by atoms with van der Waals surface area (Å²) in [5, 5.41) is 12.6. The molecule has 2 aromatic carbocycles. The second-order valence-electron chi connectivity index (χ2n) is 4.50. The van der Waals surface area contributed by atoms with Gasteiger partial charge in [-0.15, -0.1) is 4.33 Å². The van der Waals surface area contributed by atoms with E-state index in [-0.39, 0.29) is 23.0 Å². The van der Waals surface area contributed by atoms with E-state index >= 15 is 0 Å². The van der Waals surface area contributed by atoms with Crippen molar-refractivity contribution in [2.75, 3.05) is 6.61 Å². The molecule has 0 radical (unpaired) electrons. The predicted octanol–water partition coefficient (Wildman–Crippen LogP) is 2.48. The van der Waals surface area contributed by atoms with E-state index in [0.29, 0.717) is 27.7 Å². The second kappa shape index (κ2) is 7.25. The van der Waals surface area contributed by atoms with Gasteiger partial charge in [-0.3, -0.25) is 9.35 Å². The monoisotopic (exact) mass is 360 g/mol. The van der Waals surface area contributed by atoms with Crippen molar-refractivity contribution in [3.8, 4) is 5.75 Å². The topological polar surface area (TPSA) is 119 Å². The molecule has 10 heteroatoms. The summed E-state index contributed by atoms with van der Waals surface area (Å²) < 4.78 is 41.6. The van der Waals surface area contributed by atoms with Crippen LogP contribution < -0.4 is 4.74 Å². The Kier molecular flexibility index (Phi) is 5.57. The van der Waals surface area contributed by atoms with Crippen molar-refractivity contribution in [2.45, 2.75) is 16.7 Å². The van der Waals surface area contributed by atoms with Crippen molar-refractivity contribution >= 4 is 38.7 Å². The third kappa shape index (κ3) is 4.64. The Morgan fingerprint density at radius 3 is 2.61 bits per heavy atom. The van der Waals surface area contributed by atoms with Crippen LogP contribution in [0.2, 0.25) is 0 Å². The van der Waals surface area contributed by atoms with Gasteiger partial charge in [-0.2, -0.15) is 8.42 Å². The first kappa shape index (κ1) is 17.7. The normalized spacial score (nSPS) is 11.6. The average Bonchev–Trinajstić information content (AvgIpc) is 2.48. The molecule has 0 bridgehead atoms. The summed E-state index contributed by atoms with van der Waals surface area (Å²) in [6.45, 7) is 1.10.